The Balaban J connectivity index is 2.67. The van der Waals surface area contributed by atoms with Gasteiger partial charge in [0, 0.05) is 6.20 Å². The first-order chi connectivity index (χ1) is 6.74. The second kappa shape index (κ2) is 3.36. The highest BCUT2D eigenvalue weighted by Crippen LogP contribution is 2.15. The molecule has 1 unspecified atom stereocenters. The Morgan fingerprint density at radius 2 is 2.43 bits per heavy atom. The summed E-state index contributed by atoms with van der Waals surface area (Å²) in [5, 5.41) is 13.1. The van der Waals surface area contributed by atoms with Gasteiger partial charge in [0.25, 0.3) is 0 Å². The molecule has 0 bridgehead atoms. The number of hydrogen-bond donors (Lipinski definition) is 2. The number of nitrogens with two attached hydrogens (primary N) is 1. The lowest BCUT2D eigenvalue weighted by atomic mass is 10.2. The highest BCUT2D eigenvalue weighted by atomic mass is 16.3. The van der Waals surface area contributed by atoms with Gasteiger partial charge in [-0.05, 0) is 19.1 Å². The van der Waals surface area contributed by atoms with Crippen LogP contribution in [0.4, 0.5) is 0 Å². The number of aromatic nitrogens is 3. The zero-order valence-electron chi connectivity index (χ0n) is 7.88. The number of aliphatic hydroxyl groups excluding tert-OH is 1. The standard InChI is InChI=1S/C9H12N4O/c1-6-9(7(10)5-14)13-8(12-6)3-2-4-11-13/h2-4,7,14H,5,10H2,1H3. The summed E-state index contributed by atoms with van der Waals surface area (Å²) in [5.74, 6) is 0. The van der Waals surface area contributed by atoms with E-state index in [4.69, 9.17) is 10.8 Å². The van der Waals surface area contributed by atoms with Gasteiger partial charge in [-0.1, -0.05) is 0 Å². The first-order valence-electron chi connectivity index (χ1n) is 4.40. The fourth-order valence-corrected chi connectivity index (χ4v) is 1.53. The summed E-state index contributed by atoms with van der Waals surface area (Å²) in [6, 6.07) is 3.24. The molecule has 0 aliphatic heterocycles. The molecule has 0 saturated heterocycles. The zero-order valence-corrected chi connectivity index (χ0v) is 7.88. The van der Waals surface area contributed by atoms with Gasteiger partial charge >= 0.3 is 0 Å². The minimum Gasteiger partial charge on any atom is -0.394 e. The Bertz CT molecular complexity index is 451. The molecule has 0 radical (unpaired) electrons. The summed E-state index contributed by atoms with van der Waals surface area (Å²) in [5.41, 5.74) is 8.09. The molecule has 5 nitrogen and oxygen atoms in total. The number of imidazole rings is 1. The number of aryl methyl sites for hydroxylation is 1. The largest absolute Gasteiger partial charge is 0.394 e. The third kappa shape index (κ3) is 1.26. The average Bonchev–Trinajstić information content (AvgIpc) is 2.53. The van der Waals surface area contributed by atoms with Crippen LogP contribution in [0.5, 0.6) is 0 Å². The van der Waals surface area contributed by atoms with Gasteiger partial charge in [0.05, 0.1) is 24.0 Å². The van der Waals surface area contributed by atoms with E-state index in [1.165, 1.54) is 0 Å². The van der Waals surface area contributed by atoms with Gasteiger partial charge < -0.3 is 10.8 Å². The van der Waals surface area contributed by atoms with Crippen molar-refractivity contribution >= 4 is 5.65 Å². The first kappa shape index (κ1) is 9.11. The van der Waals surface area contributed by atoms with Crippen LogP contribution in [-0.4, -0.2) is 26.3 Å². The quantitative estimate of drug-likeness (QED) is 0.703. The summed E-state index contributed by atoms with van der Waals surface area (Å²) >= 11 is 0. The molecule has 3 N–H and O–H groups in total. The van der Waals surface area contributed by atoms with E-state index < -0.39 is 6.04 Å². The van der Waals surface area contributed by atoms with Crippen molar-refractivity contribution in [1.29, 1.82) is 0 Å². The maximum absolute atomic E-state index is 9.00. The second-order valence-corrected chi connectivity index (χ2v) is 3.17. The van der Waals surface area contributed by atoms with Crippen LogP contribution in [-0.2, 0) is 0 Å². The van der Waals surface area contributed by atoms with Crippen LogP contribution >= 0.6 is 0 Å². The van der Waals surface area contributed by atoms with E-state index in [0.717, 1.165) is 17.0 Å². The second-order valence-electron chi connectivity index (χ2n) is 3.17. The van der Waals surface area contributed by atoms with E-state index in [9.17, 15) is 0 Å². The van der Waals surface area contributed by atoms with Gasteiger partial charge in [0.15, 0.2) is 5.65 Å². The topological polar surface area (TPSA) is 76.4 Å². The molecule has 0 amide bonds. The molecule has 0 fully saturated rings. The van der Waals surface area contributed by atoms with Crippen molar-refractivity contribution in [3.05, 3.63) is 29.7 Å². The SMILES string of the molecule is Cc1nc2cccnn2c1C(N)CO. The van der Waals surface area contributed by atoms with Gasteiger partial charge in [-0.3, -0.25) is 0 Å². The summed E-state index contributed by atoms with van der Waals surface area (Å²) in [6.45, 7) is 1.75. The lowest BCUT2D eigenvalue weighted by Gasteiger charge is -2.07. The van der Waals surface area contributed by atoms with Crippen molar-refractivity contribution in [2.75, 3.05) is 6.61 Å². The van der Waals surface area contributed by atoms with Crippen molar-refractivity contribution in [3.8, 4) is 0 Å². The third-order valence-electron chi connectivity index (χ3n) is 2.16. The molecule has 1 atom stereocenters. The van der Waals surface area contributed by atoms with Crippen LogP contribution in [0.15, 0.2) is 18.3 Å². The third-order valence-corrected chi connectivity index (χ3v) is 2.16. The smallest absolute Gasteiger partial charge is 0.154 e. The molecule has 74 valence electrons. The molecule has 5 heteroatoms. The molecule has 2 rings (SSSR count). The highest BCUT2D eigenvalue weighted by Gasteiger charge is 2.15. The van der Waals surface area contributed by atoms with Crippen molar-refractivity contribution < 1.29 is 5.11 Å². The molecule has 0 spiro atoms. The lowest BCUT2D eigenvalue weighted by molar-refractivity contribution is 0.264. The van der Waals surface area contributed by atoms with Crippen LogP contribution in [0.25, 0.3) is 5.65 Å². The molecule has 2 heterocycles. The zero-order chi connectivity index (χ0) is 10.1. The molecule has 0 aliphatic rings. The Hall–Kier alpha value is -1.46. The maximum atomic E-state index is 9.00. The van der Waals surface area contributed by atoms with Gasteiger partial charge in [-0.25, -0.2) is 9.50 Å². The fourth-order valence-electron chi connectivity index (χ4n) is 1.53. The van der Waals surface area contributed by atoms with Crippen LogP contribution in [0.2, 0.25) is 0 Å². The van der Waals surface area contributed by atoms with E-state index in [2.05, 4.69) is 10.1 Å². The molecule has 2 aromatic heterocycles. The molecule has 0 aliphatic carbocycles. The normalized spacial score (nSPS) is 13.4. The van der Waals surface area contributed by atoms with E-state index >= 15 is 0 Å². The minimum atomic E-state index is -0.431. The first-order valence-corrected chi connectivity index (χ1v) is 4.40. The number of nitrogens with zero attached hydrogens (tertiary/aromatic N) is 3. The van der Waals surface area contributed by atoms with Crippen molar-refractivity contribution in [1.82, 2.24) is 14.6 Å². The molecule has 0 aromatic carbocycles. The van der Waals surface area contributed by atoms with Gasteiger partial charge in [-0.15, -0.1) is 0 Å². The lowest BCUT2D eigenvalue weighted by Crippen LogP contribution is -2.18. The molecule has 14 heavy (non-hydrogen) atoms. The molecular formula is C9H12N4O. The van der Waals surface area contributed by atoms with E-state index in [-0.39, 0.29) is 6.61 Å². The number of hydrogen-bond acceptors (Lipinski definition) is 4. The fraction of sp³-hybridized carbons (Fsp3) is 0.333. The molecule has 0 saturated carbocycles. The van der Waals surface area contributed by atoms with Gasteiger partial charge in [0.1, 0.15) is 0 Å². The monoisotopic (exact) mass is 192 g/mol. The Morgan fingerprint density at radius 1 is 1.64 bits per heavy atom. The van der Waals surface area contributed by atoms with Crippen LogP contribution in [0.3, 0.4) is 0 Å². The average molecular weight is 192 g/mol. The van der Waals surface area contributed by atoms with Crippen LogP contribution < -0.4 is 5.73 Å². The van der Waals surface area contributed by atoms with Crippen LogP contribution in [0.1, 0.15) is 17.4 Å². The van der Waals surface area contributed by atoms with E-state index in [0.29, 0.717) is 0 Å². The number of rotatable bonds is 2. The predicted octanol–water partition coefficient (Wildman–Crippen LogP) is 0.0298. The number of fused-ring (bicyclic) bond motifs is 1. The van der Waals surface area contributed by atoms with Gasteiger partial charge in [-0.2, -0.15) is 5.10 Å². The van der Waals surface area contributed by atoms with Crippen molar-refractivity contribution in [2.45, 2.75) is 13.0 Å². The Morgan fingerprint density at radius 3 is 3.14 bits per heavy atom. The summed E-state index contributed by atoms with van der Waals surface area (Å²) in [6.07, 6.45) is 1.67. The highest BCUT2D eigenvalue weighted by molar-refractivity contribution is 5.41. The van der Waals surface area contributed by atoms with E-state index in [1.807, 2.05) is 19.1 Å². The molecular weight excluding hydrogens is 180 g/mol. The van der Waals surface area contributed by atoms with Crippen molar-refractivity contribution in [3.63, 3.8) is 0 Å². The summed E-state index contributed by atoms with van der Waals surface area (Å²) in [4.78, 5) is 4.29. The Kier molecular flexibility index (Phi) is 2.18. The maximum Gasteiger partial charge on any atom is 0.154 e. The summed E-state index contributed by atoms with van der Waals surface area (Å²) in [7, 11) is 0. The van der Waals surface area contributed by atoms with Gasteiger partial charge in [0.2, 0.25) is 0 Å². The number of aliphatic hydroxyl groups is 1. The predicted molar refractivity (Wildman–Crippen MR) is 51.7 cm³/mol. The molecule has 2 aromatic rings. The summed E-state index contributed by atoms with van der Waals surface area (Å²) < 4.78 is 1.66. The van der Waals surface area contributed by atoms with Crippen molar-refractivity contribution in [2.24, 2.45) is 5.73 Å². The van der Waals surface area contributed by atoms with Crippen LogP contribution in [0, 0.1) is 6.92 Å². The Labute approximate surface area is 81.2 Å². The minimum absolute atomic E-state index is 0.106. The van der Waals surface area contributed by atoms with E-state index in [1.54, 1.807) is 10.7 Å².